The number of ether oxygens (including phenoxy) is 4. The molecule has 13 nitrogen and oxygen atoms in total. The number of hydrogen-bond donors (Lipinski definition) is 2. The topological polar surface area (TPSA) is 149 Å². The summed E-state index contributed by atoms with van der Waals surface area (Å²) in [6.45, 7) is 0.705. The number of aromatic nitrogens is 1. The maximum Gasteiger partial charge on any atom is 0.259 e. The first-order chi connectivity index (χ1) is 23.3. The smallest absolute Gasteiger partial charge is 0.259 e. The molecule has 8 rings (SSSR count). The lowest BCUT2D eigenvalue weighted by molar-refractivity contribution is -0.123. The number of likely N-dealkylation sites (tertiary alicyclic amines) is 1. The molecule has 4 aliphatic heterocycles. The van der Waals surface area contributed by atoms with Gasteiger partial charge in [-0.1, -0.05) is 25.0 Å². The van der Waals surface area contributed by atoms with E-state index >= 15 is 0 Å². The summed E-state index contributed by atoms with van der Waals surface area (Å²) in [6.07, 6.45) is 3.51. The number of rotatable bonds is 4. The van der Waals surface area contributed by atoms with Gasteiger partial charge in [0.25, 0.3) is 23.6 Å². The van der Waals surface area contributed by atoms with E-state index in [9.17, 15) is 19.2 Å². The summed E-state index contributed by atoms with van der Waals surface area (Å²) >= 11 is 0. The van der Waals surface area contributed by atoms with Crippen LogP contribution in [0.4, 0.5) is 0 Å². The van der Waals surface area contributed by atoms with E-state index in [0.717, 1.165) is 31.2 Å². The second-order valence-electron chi connectivity index (χ2n) is 12.4. The Morgan fingerprint density at radius 1 is 0.979 bits per heavy atom. The number of hydrogen-bond acceptors (Lipinski definition) is 9. The highest BCUT2D eigenvalue weighted by Gasteiger charge is 2.41. The molecule has 1 aromatic heterocycles. The Morgan fingerprint density at radius 3 is 2.52 bits per heavy atom. The van der Waals surface area contributed by atoms with E-state index < -0.39 is 18.1 Å². The molecule has 250 valence electrons. The second kappa shape index (κ2) is 13.1. The van der Waals surface area contributed by atoms with Crippen molar-refractivity contribution in [2.45, 2.75) is 57.0 Å². The Hall–Kier alpha value is -5.33. The van der Waals surface area contributed by atoms with Crippen molar-refractivity contribution < 1.29 is 38.1 Å². The Kier molecular flexibility index (Phi) is 8.50. The van der Waals surface area contributed by atoms with Crippen molar-refractivity contribution in [3.05, 3.63) is 76.5 Å². The molecule has 1 aliphatic carbocycles. The molecule has 48 heavy (non-hydrogen) atoms. The molecule has 2 atom stereocenters. The zero-order valence-corrected chi connectivity index (χ0v) is 26.8. The molecule has 5 heterocycles. The van der Waals surface area contributed by atoms with E-state index in [-0.39, 0.29) is 72.8 Å². The standard InChI is InChI=1S/C35H37N5O8/c1-45-28-12-9-21-13-29(28)47-19-31(41)36-15-20-7-10-23(11-8-20)48-30-18-39(16-27(30)37-32(21)42)34(43)25-14-24-26(38-33(25)46-2)17-40(35(24)44)22-5-3-4-6-22/h7-14,22,27,30H,3-6,15-19H2,1-2H3,(H,36,41)(H,37,42)/t27-,30-/m0/s1. The van der Waals surface area contributed by atoms with Crippen LogP contribution in [0.3, 0.4) is 0 Å². The van der Waals surface area contributed by atoms with E-state index in [0.29, 0.717) is 29.3 Å². The zero-order valence-electron chi connectivity index (χ0n) is 26.8. The third-order valence-electron chi connectivity index (χ3n) is 9.42. The molecule has 1 saturated carbocycles. The summed E-state index contributed by atoms with van der Waals surface area (Å²) in [5.41, 5.74) is 2.34. The van der Waals surface area contributed by atoms with Crippen molar-refractivity contribution in [3.63, 3.8) is 0 Å². The normalized spacial score (nSPS) is 21.1. The monoisotopic (exact) mass is 655 g/mol. The van der Waals surface area contributed by atoms with Crippen LogP contribution in [-0.4, -0.2) is 90.5 Å². The quantitative estimate of drug-likeness (QED) is 0.433. The van der Waals surface area contributed by atoms with Gasteiger partial charge in [-0.2, -0.15) is 0 Å². The van der Waals surface area contributed by atoms with Crippen LogP contribution in [0, 0.1) is 0 Å². The van der Waals surface area contributed by atoms with Crippen molar-refractivity contribution in [3.8, 4) is 23.1 Å². The molecule has 0 radical (unpaired) electrons. The lowest BCUT2D eigenvalue weighted by atomic mass is 10.1. The van der Waals surface area contributed by atoms with Crippen molar-refractivity contribution in [1.29, 1.82) is 0 Å². The molecular weight excluding hydrogens is 618 g/mol. The number of methoxy groups -OCH3 is 2. The van der Waals surface area contributed by atoms with E-state index in [1.807, 2.05) is 17.0 Å². The number of benzene rings is 2. The highest BCUT2D eigenvalue weighted by molar-refractivity contribution is 6.03. The second-order valence-corrected chi connectivity index (χ2v) is 12.4. The molecule has 2 N–H and O–H groups in total. The summed E-state index contributed by atoms with van der Waals surface area (Å²) in [6, 6.07) is 13.1. The van der Waals surface area contributed by atoms with Gasteiger partial charge >= 0.3 is 0 Å². The van der Waals surface area contributed by atoms with E-state index in [4.69, 9.17) is 18.9 Å². The van der Waals surface area contributed by atoms with Crippen LogP contribution in [0.15, 0.2) is 48.5 Å². The van der Waals surface area contributed by atoms with Crippen LogP contribution >= 0.6 is 0 Å². The average Bonchev–Trinajstić information content (AvgIpc) is 3.85. The number of pyridine rings is 1. The number of carbonyl (C=O) groups is 4. The van der Waals surface area contributed by atoms with Crippen LogP contribution < -0.4 is 29.6 Å². The predicted molar refractivity (Wildman–Crippen MR) is 171 cm³/mol. The summed E-state index contributed by atoms with van der Waals surface area (Å²) in [5, 5.41) is 5.84. The van der Waals surface area contributed by atoms with Crippen molar-refractivity contribution in [2.75, 3.05) is 33.9 Å². The number of amides is 4. The van der Waals surface area contributed by atoms with Gasteiger partial charge in [-0.3, -0.25) is 19.2 Å². The van der Waals surface area contributed by atoms with Gasteiger partial charge in [0.15, 0.2) is 18.1 Å². The fraction of sp³-hybridized carbons (Fsp3) is 0.400. The first-order valence-electron chi connectivity index (χ1n) is 16.1. The fourth-order valence-corrected chi connectivity index (χ4v) is 6.85. The van der Waals surface area contributed by atoms with Gasteiger partial charge in [0, 0.05) is 24.7 Å². The molecule has 4 bridgehead atoms. The summed E-state index contributed by atoms with van der Waals surface area (Å²) in [4.78, 5) is 61.6. The minimum atomic E-state index is -0.610. The first kappa shape index (κ1) is 31.3. The first-order valence-corrected chi connectivity index (χ1v) is 16.1. The van der Waals surface area contributed by atoms with Crippen LogP contribution in [0.1, 0.15) is 68.0 Å². The van der Waals surface area contributed by atoms with Crippen LogP contribution in [-0.2, 0) is 17.9 Å². The summed E-state index contributed by atoms with van der Waals surface area (Å²) < 4.78 is 23.0. The van der Waals surface area contributed by atoms with Gasteiger partial charge in [-0.25, -0.2) is 4.98 Å². The van der Waals surface area contributed by atoms with Crippen molar-refractivity contribution >= 4 is 23.6 Å². The molecule has 5 aliphatic rings. The van der Waals surface area contributed by atoms with Crippen LogP contribution in [0.2, 0.25) is 0 Å². The molecular formula is C35H37N5O8. The zero-order chi connectivity index (χ0) is 33.4. The summed E-state index contributed by atoms with van der Waals surface area (Å²) in [5.74, 6) is 0.0508. The number of carbonyl (C=O) groups excluding carboxylic acids is 4. The molecule has 4 amide bonds. The third-order valence-corrected chi connectivity index (χ3v) is 9.42. The number of nitrogens with zero attached hydrogens (tertiary/aromatic N) is 3. The average molecular weight is 656 g/mol. The Balaban J connectivity index is 1.17. The van der Waals surface area contributed by atoms with Gasteiger partial charge < -0.3 is 39.4 Å². The third kappa shape index (κ3) is 6.07. The molecule has 0 spiro atoms. The maximum absolute atomic E-state index is 14.1. The van der Waals surface area contributed by atoms with Crippen LogP contribution in [0.5, 0.6) is 23.1 Å². The highest BCUT2D eigenvalue weighted by Crippen LogP contribution is 2.34. The van der Waals surface area contributed by atoms with Gasteiger partial charge in [-0.05, 0) is 54.8 Å². The van der Waals surface area contributed by atoms with Gasteiger partial charge in [0.1, 0.15) is 17.4 Å². The Labute approximate surface area is 277 Å². The number of nitrogens with one attached hydrogen (secondary N) is 2. The largest absolute Gasteiger partial charge is 0.493 e. The van der Waals surface area contributed by atoms with Crippen molar-refractivity contribution in [1.82, 2.24) is 25.4 Å². The highest BCUT2D eigenvalue weighted by atomic mass is 16.5. The predicted octanol–water partition coefficient (Wildman–Crippen LogP) is 2.71. The van der Waals surface area contributed by atoms with Gasteiger partial charge in [0.2, 0.25) is 5.88 Å². The molecule has 3 aromatic rings. The maximum atomic E-state index is 14.1. The molecule has 2 aromatic carbocycles. The van der Waals surface area contributed by atoms with Gasteiger partial charge in [0.05, 0.1) is 44.6 Å². The minimum absolute atomic E-state index is 0.112. The SMILES string of the molecule is COc1ccc2cc1OCC(=O)NCc1ccc(cc1)O[C@H]1CN(C(=O)c3cc4c(nc3OC)CN(C3CCCC3)C4=O)C[C@@H]1NC2=O. The fourth-order valence-electron chi connectivity index (χ4n) is 6.85. The molecule has 2 fully saturated rings. The lowest BCUT2D eigenvalue weighted by Gasteiger charge is -2.22. The molecule has 0 unspecified atom stereocenters. The summed E-state index contributed by atoms with van der Waals surface area (Å²) in [7, 11) is 2.93. The lowest BCUT2D eigenvalue weighted by Crippen LogP contribution is -2.45. The van der Waals surface area contributed by atoms with Crippen LogP contribution in [0.25, 0.3) is 0 Å². The minimum Gasteiger partial charge on any atom is -0.493 e. The van der Waals surface area contributed by atoms with Crippen molar-refractivity contribution in [2.24, 2.45) is 0 Å². The number of fused-ring (bicyclic) bond motifs is 8. The van der Waals surface area contributed by atoms with E-state index in [1.165, 1.54) is 20.3 Å². The van der Waals surface area contributed by atoms with E-state index in [1.54, 1.807) is 35.2 Å². The molecule has 13 heteroatoms. The Morgan fingerprint density at radius 2 is 1.77 bits per heavy atom. The molecule has 1 saturated heterocycles. The Bertz CT molecular complexity index is 1760. The van der Waals surface area contributed by atoms with Gasteiger partial charge in [-0.15, -0.1) is 0 Å². The van der Waals surface area contributed by atoms with E-state index in [2.05, 4.69) is 15.6 Å².